The minimum absolute atomic E-state index is 0.108. The Balaban J connectivity index is 3.29. The van der Waals surface area contributed by atoms with Crippen molar-refractivity contribution in [1.82, 2.24) is 0 Å². The number of allylic oxidation sites excluding steroid dienone is 1. The SMILES string of the molecule is C=C(CC)CCC(O)CCC. The Morgan fingerprint density at radius 1 is 1.36 bits per heavy atom. The van der Waals surface area contributed by atoms with Crippen molar-refractivity contribution in [2.24, 2.45) is 0 Å². The van der Waals surface area contributed by atoms with E-state index in [-0.39, 0.29) is 6.10 Å². The molecule has 0 aliphatic heterocycles. The molecule has 66 valence electrons. The molecule has 0 heterocycles. The van der Waals surface area contributed by atoms with Gasteiger partial charge in [0.2, 0.25) is 0 Å². The van der Waals surface area contributed by atoms with Crippen LogP contribution in [0.15, 0.2) is 12.2 Å². The number of hydrogen-bond acceptors (Lipinski definition) is 1. The van der Waals surface area contributed by atoms with Crippen LogP contribution in [-0.2, 0) is 0 Å². The van der Waals surface area contributed by atoms with Gasteiger partial charge in [0.15, 0.2) is 0 Å². The van der Waals surface area contributed by atoms with E-state index in [4.69, 9.17) is 0 Å². The second-order valence-electron chi connectivity index (χ2n) is 3.08. The van der Waals surface area contributed by atoms with Gasteiger partial charge < -0.3 is 5.11 Å². The monoisotopic (exact) mass is 156 g/mol. The average Bonchev–Trinajstić information content (AvgIpc) is 2.01. The molecule has 1 N–H and O–H groups in total. The zero-order valence-corrected chi connectivity index (χ0v) is 7.77. The van der Waals surface area contributed by atoms with Crippen LogP contribution in [0, 0.1) is 0 Å². The second kappa shape index (κ2) is 6.41. The van der Waals surface area contributed by atoms with Gasteiger partial charge in [-0.2, -0.15) is 0 Å². The van der Waals surface area contributed by atoms with Gasteiger partial charge in [-0.1, -0.05) is 32.4 Å². The topological polar surface area (TPSA) is 20.2 Å². The van der Waals surface area contributed by atoms with Gasteiger partial charge in [0.1, 0.15) is 0 Å². The summed E-state index contributed by atoms with van der Waals surface area (Å²) in [5.74, 6) is 0. The van der Waals surface area contributed by atoms with Crippen molar-refractivity contribution in [3.63, 3.8) is 0 Å². The second-order valence-corrected chi connectivity index (χ2v) is 3.08. The van der Waals surface area contributed by atoms with Crippen LogP contribution in [0.25, 0.3) is 0 Å². The zero-order chi connectivity index (χ0) is 8.69. The van der Waals surface area contributed by atoms with Gasteiger partial charge in [-0.15, -0.1) is 0 Å². The Morgan fingerprint density at radius 2 is 2.00 bits per heavy atom. The highest BCUT2D eigenvalue weighted by molar-refractivity contribution is 4.92. The van der Waals surface area contributed by atoms with E-state index in [0.29, 0.717) is 0 Å². The lowest BCUT2D eigenvalue weighted by atomic mass is 10.0. The molecule has 0 fully saturated rings. The Morgan fingerprint density at radius 3 is 2.45 bits per heavy atom. The predicted molar refractivity (Wildman–Crippen MR) is 49.6 cm³/mol. The Hall–Kier alpha value is -0.300. The molecule has 1 unspecified atom stereocenters. The lowest BCUT2D eigenvalue weighted by molar-refractivity contribution is 0.154. The first kappa shape index (κ1) is 10.7. The quantitative estimate of drug-likeness (QED) is 0.586. The summed E-state index contributed by atoms with van der Waals surface area (Å²) in [6.07, 6.45) is 4.80. The summed E-state index contributed by atoms with van der Waals surface area (Å²) in [5, 5.41) is 9.35. The van der Waals surface area contributed by atoms with Crippen molar-refractivity contribution < 1.29 is 5.11 Å². The van der Waals surface area contributed by atoms with Crippen LogP contribution in [0.2, 0.25) is 0 Å². The molecule has 0 aromatic heterocycles. The van der Waals surface area contributed by atoms with Crippen LogP contribution in [0.5, 0.6) is 0 Å². The minimum Gasteiger partial charge on any atom is -0.393 e. The van der Waals surface area contributed by atoms with Gasteiger partial charge in [-0.3, -0.25) is 0 Å². The third-order valence-corrected chi connectivity index (χ3v) is 1.95. The van der Waals surface area contributed by atoms with Crippen molar-refractivity contribution in [3.8, 4) is 0 Å². The number of hydrogen-bond donors (Lipinski definition) is 1. The third-order valence-electron chi connectivity index (χ3n) is 1.95. The van der Waals surface area contributed by atoms with Crippen molar-refractivity contribution in [3.05, 3.63) is 12.2 Å². The van der Waals surface area contributed by atoms with Gasteiger partial charge >= 0.3 is 0 Å². The normalized spacial score (nSPS) is 13.0. The molecule has 0 bridgehead atoms. The third kappa shape index (κ3) is 6.11. The van der Waals surface area contributed by atoms with Crippen LogP contribution in [-0.4, -0.2) is 11.2 Å². The summed E-state index contributed by atoms with van der Waals surface area (Å²) < 4.78 is 0. The minimum atomic E-state index is -0.108. The van der Waals surface area contributed by atoms with Gasteiger partial charge in [0.25, 0.3) is 0 Å². The van der Waals surface area contributed by atoms with Crippen molar-refractivity contribution in [2.45, 2.75) is 52.1 Å². The highest BCUT2D eigenvalue weighted by Gasteiger charge is 2.02. The molecule has 1 nitrogen and oxygen atoms in total. The molecule has 11 heavy (non-hydrogen) atoms. The molecule has 1 atom stereocenters. The van der Waals surface area contributed by atoms with Crippen molar-refractivity contribution in [1.29, 1.82) is 0 Å². The largest absolute Gasteiger partial charge is 0.393 e. The van der Waals surface area contributed by atoms with Crippen LogP contribution >= 0.6 is 0 Å². The molecule has 0 rings (SSSR count). The van der Waals surface area contributed by atoms with E-state index in [2.05, 4.69) is 20.4 Å². The molecule has 0 radical (unpaired) electrons. The average molecular weight is 156 g/mol. The first-order valence-corrected chi connectivity index (χ1v) is 4.55. The Kier molecular flexibility index (Phi) is 6.24. The molecule has 0 aliphatic carbocycles. The number of aliphatic hydroxyl groups excluding tert-OH is 1. The summed E-state index contributed by atoms with van der Waals surface area (Å²) >= 11 is 0. The van der Waals surface area contributed by atoms with Crippen LogP contribution in [0.4, 0.5) is 0 Å². The standard InChI is InChI=1S/C10H20O/c1-4-6-10(11)8-7-9(3)5-2/h10-11H,3-8H2,1-2H3. The van der Waals surface area contributed by atoms with E-state index in [1.165, 1.54) is 5.57 Å². The van der Waals surface area contributed by atoms with E-state index >= 15 is 0 Å². The van der Waals surface area contributed by atoms with E-state index in [9.17, 15) is 5.11 Å². The summed E-state index contributed by atoms with van der Waals surface area (Å²) in [6.45, 7) is 8.09. The molecule has 0 saturated carbocycles. The van der Waals surface area contributed by atoms with E-state index in [1.54, 1.807) is 0 Å². The lowest BCUT2D eigenvalue weighted by Gasteiger charge is -2.08. The van der Waals surface area contributed by atoms with Crippen LogP contribution in [0.3, 0.4) is 0 Å². The fraction of sp³-hybridized carbons (Fsp3) is 0.800. The predicted octanol–water partition coefficient (Wildman–Crippen LogP) is 2.89. The molecular formula is C10H20O. The highest BCUT2D eigenvalue weighted by atomic mass is 16.3. The van der Waals surface area contributed by atoms with Crippen LogP contribution in [0.1, 0.15) is 46.0 Å². The molecule has 1 heteroatoms. The first-order valence-electron chi connectivity index (χ1n) is 4.55. The van der Waals surface area contributed by atoms with Crippen LogP contribution < -0.4 is 0 Å². The van der Waals surface area contributed by atoms with Gasteiger partial charge in [0, 0.05) is 0 Å². The molecule has 0 aliphatic rings. The molecule has 0 amide bonds. The summed E-state index contributed by atoms with van der Waals surface area (Å²) in [4.78, 5) is 0. The fourth-order valence-corrected chi connectivity index (χ4v) is 1.03. The molecule has 0 aromatic carbocycles. The molecule has 0 saturated heterocycles. The van der Waals surface area contributed by atoms with Gasteiger partial charge in [-0.25, -0.2) is 0 Å². The maximum Gasteiger partial charge on any atom is 0.0543 e. The Labute approximate surface area is 70.1 Å². The Bertz CT molecular complexity index is 107. The molecule has 0 spiro atoms. The number of aliphatic hydroxyl groups is 1. The lowest BCUT2D eigenvalue weighted by Crippen LogP contribution is -2.05. The maximum absolute atomic E-state index is 9.35. The van der Waals surface area contributed by atoms with E-state index < -0.39 is 0 Å². The summed E-state index contributed by atoms with van der Waals surface area (Å²) in [7, 11) is 0. The zero-order valence-electron chi connectivity index (χ0n) is 7.77. The van der Waals surface area contributed by atoms with Gasteiger partial charge in [0.05, 0.1) is 6.10 Å². The summed E-state index contributed by atoms with van der Waals surface area (Å²) in [5.41, 5.74) is 1.25. The molecular weight excluding hydrogens is 136 g/mol. The smallest absolute Gasteiger partial charge is 0.0543 e. The van der Waals surface area contributed by atoms with E-state index in [0.717, 1.165) is 32.1 Å². The van der Waals surface area contributed by atoms with Gasteiger partial charge in [-0.05, 0) is 25.7 Å². The van der Waals surface area contributed by atoms with Crippen molar-refractivity contribution >= 4 is 0 Å². The first-order chi connectivity index (χ1) is 5.20. The highest BCUT2D eigenvalue weighted by Crippen LogP contribution is 2.11. The molecule has 0 aromatic rings. The maximum atomic E-state index is 9.35. The van der Waals surface area contributed by atoms with E-state index in [1.807, 2.05) is 0 Å². The summed E-state index contributed by atoms with van der Waals surface area (Å²) in [6, 6.07) is 0. The van der Waals surface area contributed by atoms with Crippen molar-refractivity contribution in [2.75, 3.05) is 0 Å². The number of rotatable bonds is 6. The fourth-order valence-electron chi connectivity index (χ4n) is 1.03.